The lowest BCUT2D eigenvalue weighted by atomic mass is 10.1. The first-order valence-electron chi connectivity index (χ1n) is 6.47. The summed E-state index contributed by atoms with van der Waals surface area (Å²) < 4.78 is 11.7. The minimum atomic E-state index is -0.681. The summed E-state index contributed by atoms with van der Waals surface area (Å²) in [5.74, 6) is 0.530. The van der Waals surface area contributed by atoms with E-state index in [9.17, 15) is 4.79 Å². The first-order valence-corrected chi connectivity index (χ1v) is 7.26. The Labute approximate surface area is 127 Å². The summed E-state index contributed by atoms with van der Waals surface area (Å²) in [5.41, 5.74) is 12.1. The van der Waals surface area contributed by atoms with E-state index in [0.29, 0.717) is 22.4 Å². The van der Waals surface area contributed by atoms with Crippen molar-refractivity contribution in [2.24, 2.45) is 11.5 Å². The predicted octanol–water partition coefficient (Wildman–Crippen LogP) is 1.99. The molecule has 0 aliphatic rings. The topological polar surface area (TPSA) is 87.6 Å². The molecular formula is C14H21BrN2O3. The molecule has 4 N–H and O–H groups in total. The van der Waals surface area contributed by atoms with Gasteiger partial charge in [0.15, 0.2) is 17.6 Å². The van der Waals surface area contributed by atoms with Crippen LogP contribution in [-0.4, -0.2) is 25.2 Å². The lowest BCUT2D eigenvalue weighted by Gasteiger charge is -2.19. The van der Waals surface area contributed by atoms with E-state index in [4.69, 9.17) is 20.9 Å². The van der Waals surface area contributed by atoms with E-state index >= 15 is 0 Å². The van der Waals surface area contributed by atoms with E-state index < -0.39 is 12.0 Å². The van der Waals surface area contributed by atoms with Crippen LogP contribution in [0.1, 0.15) is 25.8 Å². The second kappa shape index (κ2) is 7.50. The van der Waals surface area contributed by atoms with Gasteiger partial charge in [-0.25, -0.2) is 0 Å². The minimum Gasteiger partial charge on any atom is -0.493 e. The number of hydrogen-bond acceptors (Lipinski definition) is 4. The Morgan fingerprint density at radius 1 is 1.45 bits per heavy atom. The van der Waals surface area contributed by atoms with Crippen LogP contribution in [0.4, 0.5) is 0 Å². The van der Waals surface area contributed by atoms with Gasteiger partial charge in [0.1, 0.15) is 0 Å². The Kier molecular flexibility index (Phi) is 6.29. The zero-order chi connectivity index (χ0) is 15.3. The average Bonchev–Trinajstić information content (AvgIpc) is 2.35. The molecule has 112 valence electrons. The number of ether oxygens (including phenoxy) is 2. The number of methoxy groups -OCH3 is 1. The van der Waals surface area contributed by atoms with Gasteiger partial charge in [0.05, 0.1) is 11.6 Å². The summed E-state index contributed by atoms with van der Waals surface area (Å²) in [6, 6.07) is 3.82. The summed E-state index contributed by atoms with van der Waals surface area (Å²) >= 11 is 3.44. The molecule has 1 rings (SSSR count). The fraction of sp³-hybridized carbons (Fsp3) is 0.500. The van der Waals surface area contributed by atoms with Gasteiger partial charge in [0, 0.05) is 6.04 Å². The van der Waals surface area contributed by atoms with E-state index in [1.165, 1.54) is 0 Å². The van der Waals surface area contributed by atoms with Crippen molar-refractivity contribution in [1.82, 2.24) is 0 Å². The fourth-order valence-electron chi connectivity index (χ4n) is 1.86. The molecule has 0 aliphatic heterocycles. The van der Waals surface area contributed by atoms with E-state index in [1.54, 1.807) is 7.11 Å². The van der Waals surface area contributed by atoms with Crippen molar-refractivity contribution in [3.8, 4) is 11.5 Å². The number of amides is 1. The van der Waals surface area contributed by atoms with Gasteiger partial charge in [-0.1, -0.05) is 6.92 Å². The van der Waals surface area contributed by atoms with Crippen LogP contribution in [0.2, 0.25) is 0 Å². The molecule has 0 fully saturated rings. The summed E-state index contributed by atoms with van der Waals surface area (Å²) in [6.07, 6.45) is 0.536. The molecule has 1 aromatic carbocycles. The lowest BCUT2D eigenvalue weighted by molar-refractivity contribution is -0.124. The highest BCUT2D eigenvalue weighted by molar-refractivity contribution is 9.10. The van der Waals surface area contributed by atoms with Gasteiger partial charge in [-0.2, -0.15) is 0 Å². The molecule has 2 unspecified atom stereocenters. The molecule has 0 aromatic heterocycles. The van der Waals surface area contributed by atoms with Gasteiger partial charge < -0.3 is 20.9 Å². The van der Waals surface area contributed by atoms with Crippen LogP contribution in [0.15, 0.2) is 16.6 Å². The zero-order valence-corrected chi connectivity index (χ0v) is 13.6. The molecular weight excluding hydrogens is 324 g/mol. The molecule has 6 heteroatoms. The van der Waals surface area contributed by atoms with Crippen molar-refractivity contribution in [3.05, 3.63) is 22.2 Å². The number of halogens is 1. The summed E-state index contributed by atoms with van der Waals surface area (Å²) in [4.78, 5) is 11.3. The third-order valence-electron chi connectivity index (χ3n) is 2.80. The first kappa shape index (κ1) is 16.8. The Balaban J connectivity index is 3.10. The maximum atomic E-state index is 11.3. The van der Waals surface area contributed by atoms with Gasteiger partial charge >= 0.3 is 0 Å². The quantitative estimate of drug-likeness (QED) is 0.791. The van der Waals surface area contributed by atoms with Gasteiger partial charge in [0.2, 0.25) is 0 Å². The van der Waals surface area contributed by atoms with Crippen molar-refractivity contribution in [1.29, 1.82) is 0 Å². The summed E-state index contributed by atoms with van der Waals surface area (Å²) in [6.45, 7) is 3.77. The highest BCUT2D eigenvalue weighted by Gasteiger charge is 2.20. The molecule has 0 heterocycles. The second-order valence-corrected chi connectivity index (χ2v) is 5.56. The average molecular weight is 345 g/mol. The number of benzene rings is 1. The molecule has 0 aliphatic carbocycles. The van der Waals surface area contributed by atoms with Crippen molar-refractivity contribution in [2.75, 3.05) is 7.11 Å². The predicted molar refractivity (Wildman–Crippen MR) is 81.9 cm³/mol. The van der Waals surface area contributed by atoms with Crippen LogP contribution in [0, 0.1) is 0 Å². The second-order valence-electron chi connectivity index (χ2n) is 4.71. The van der Waals surface area contributed by atoms with Crippen LogP contribution >= 0.6 is 15.9 Å². The van der Waals surface area contributed by atoms with E-state index in [1.807, 2.05) is 26.0 Å². The summed E-state index contributed by atoms with van der Waals surface area (Å²) in [5, 5.41) is 0. The standard InChI is InChI=1S/C14H21BrN2O3/c1-4-11(14(17)18)20-13-10(15)6-9(5-8(2)16)7-12(13)19-3/h6-8,11H,4-5,16H2,1-3H3,(H2,17,18). The van der Waals surface area contributed by atoms with Crippen LogP contribution in [0.3, 0.4) is 0 Å². The molecule has 0 spiro atoms. The fourth-order valence-corrected chi connectivity index (χ4v) is 2.44. The maximum Gasteiger partial charge on any atom is 0.258 e. The molecule has 5 nitrogen and oxygen atoms in total. The lowest BCUT2D eigenvalue weighted by Crippen LogP contribution is -2.33. The SMILES string of the molecule is CCC(Oc1c(Br)cc(CC(C)N)cc1OC)C(N)=O. The van der Waals surface area contributed by atoms with E-state index in [2.05, 4.69) is 15.9 Å². The zero-order valence-electron chi connectivity index (χ0n) is 12.0. The van der Waals surface area contributed by atoms with Crippen LogP contribution in [-0.2, 0) is 11.2 Å². The van der Waals surface area contributed by atoms with Gasteiger partial charge in [0.25, 0.3) is 5.91 Å². The van der Waals surface area contributed by atoms with Crippen molar-refractivity contribution < 1.29 is 14.3 Å². The minimum absolute atomic E-state index is 0.0485. The number of nitrogens with two attached hydrogens (primary N) is 2. The van der Waals surface area contributed by atoms with Gasteiger partial charge in [-0.05, 0) is 53.4 Å². The molecule has 0 saturated carbocycles. The third kappa shape index (κ3) is 4.38. The normalized spacial score (nSPS) is 13.7. The van der Waals surface area contributed by atoms with Crippen LogP contribution in [0.25, 0.3) is 0 Å². The molecule has 20 heavy (non-hydrogen) atoms. The van der Waals surface area contributed by atoms with E-state index in [0.717, 1.165) is 12.0 Å². The van der Waals surface area contributed by atoms with E-state index in [-0.39, 0.29) is 6.04 Å². The molecule has 0 saturated heterocycles. The Bertz CT molecular complexity index is 478. The number of hydrogen-bond donors (Lipinski definition) is 2. The Hall–Kier alpha value is -1.27. The Morgan fingerprint density at radius 2 is 2.10 bits per heavy atom. The number of rotatable bonds is 7. The molecule has 0 bridgehead atoms. The summed E-state index contributed by atoms with van der Waals surface area (Å²) in [7, 11) is 1.55. The van der Waals surface area contributed by atoms with Gasteiger partial charge in [-0.3, -0.25) is 4.79 Å². The first-order chi connectivity index (χ1) is 9.38. The van der Waals surface area contributed by atoms with Crippen LogP contribution in [0.5, 0.6) is 11.5 Å². The van der Waals surface area contributed by atoms with Crippen LogP contribution < -0.4 is 20.9 Å². The van der Waals surface area contributed by atoms with Crippen molar-refractivity contribution >= 4 is 21.8 Å². The van der Waals surface area contributed by atoms with Crippen molar-refractivity contribution in [3.63, 3.8) is 0 Å². The maximum absolute atomic E-state index is 11.3. The molecule has 1 aromatic rings. The highest BCUT2D eigenvalue weighted by atomic mass is 79.9. The van der Waals surface area contributed by atoms with Gasteiger partial charge in [-0.15, -0.1) is 0 Å². The number of carbonyl (C=O) groups is 1. The highest BCUT2D eigenvalue weighted by Crippen LogP contribution is 2.37. The number of primary amides is 1. The smallest absolute Gasteiger partial charge is 0.258 e. The largest absolute Gasteiger partial charge is 0.493 e. The van der Waals surface area contributed by atoms with Crippen molar-refractivity contribution in [2.45, 2.75) is 38.8 Å². The monoisotopic (exact) mass is 344 g/mol. The third-order valence-corrected chi connectivity index (χ3v) is 3.38. The Morgan fingerprint density at radius 3 is 2.55 bits per heavy atom. The molecule has 2 atom stereocenters. The molecule has 0 radical (unpaired) electrons. The number of carbonyl (C=O) groups excluding carboxylic acids is 1. The molecule has 1 amide bonds.